The minimum absolute atomic E-state index is 0.0249. The molecule has 50 heavy (non-hydrogen) atoms. The standard InChI is InChI=1S/2C10H11F2N3OS.C9H9F2N3OS/c2*1-7(17(2,16)15-6-13)8-3-4-9(10(11)12)14-5-8;1-16(15,14-6-12)5-7-2-3-8(9(10)11)13-4-7/h2*3-5,7,10H,1-2H3;2-4,9H,5H2,1H3. The number of nitriles is 3. The second-order valence-corrected chi connectivity index (χ2v) is 17.8. The molecule has 0 aliphatic heterocycles. The number of halogens is 6. The van der Waals surface area contributed by atoms with Crippen molar-refractivity contribution in [1.82, 2.24) is 15.0 Å². The van der Waals surface area contributed by atoms with Crippen molar-refractivity contribution in [2.45, 2.75) is 49.4 Å². The van der Waals surface area contributed by atoms with E-state index in [1.165, 1.54) is 92.3 Å². The van der Waals surface area contributed by atoms with Gasteiger partial charge in [0.05, 0.1) is 45.4 Å². The topological polar surface area (TPSA) is 198 Å². The summed E-state index contributed by atoms with van der Waals surface area (Å²) in [6.07, 6.45) is 4.30. The quantitative estimate of drug-likeness (QED) is 0.157. The number of pyridine rings is 3. The minimum Gasteiger partial charge on any atom is -0.255 e. The monoisotopic (exact) mass is 763 g/mol. The molecule has 21 heteroatoms. The van der Waals surface area contributed by atoms with E-state index in [0.29, 0.717) is 16.7 Å². The molecule has 12 nitrogen and oxygen atoms in total. The molecule has 0 aromatic carbocycles. The maximum Gasteiger partial charge on any atom is 0.280 e. The normalized spacial score (nSPS) is 15.4. The molecule has 3 heterocycles. The third kappa shape index (κ3) is 14.1. The highest BCUT2D eigenvalue weighted by molar-refractivity contribution is 7.93. The molecule has 0 N–H and O–H groups in total. The summed E-state index contributed by atoms with van der Waals surface area (Å²) in [5.74, 6) is 0.0249. The van der Waals surface area contributed by atoms with Crippen LogP contribution in [0.1, 0.15) is 77.4 Å². The first kappa shape index (κ1) is 43.4. The largest absolute Gasteiger partial charge is 0.280 e. The maximum atomic E-state index is 12.3. The third-order valence-corrected chi connectivity index (χ3v) is 11.9. The predicted octanol–water partition coefficient (Wildman–Crippen LogP) is 7.42. The van der Waals surface area contributed by atoms with Crippen molar-refractivity contribution in [2.75, 3.05) is 18.8 Å². The molecular weight excluding hydrogens is 733 g/mol. The summed E-state index contributed by atoms with van der Waals surface area (Å²) in [5, 5.41) is 24.0. The summed E-state index contributed by atoms with van der Waals surface area (Å²) < 4.78 is 119. The predicted molar refractivity (Wildman–Crippen MR) is 174 cm³/mol. The smallest absolute Gasteiger partial charge is 0.255 e. The first-order valence-electron chi connectivity index (χ1n) is 13.7. The minimum atomic E-state index is -2.71. The fourth-order valence-electron chi connectivity index (χ4n) is 3.48. The highest BCUT2D eigenvalue weighted by Gasteiger charge is 2.19. The van der Waals surface area contributed by atoms with Crippen molar-refractivity contribution in [2.24, 2.45) is 13.1 Å². The van der Waals surface area contributed by atoms with Gasteiger partial charge in [0.15, 0.2) is 0 Å². The van der Waals surface area contributed by atoms with Crippen LogP contribution < -0.4 is 0 Å². The highest BCUT2D eigenvalue weighted by Crippen LogP contribution is 2.25. The van der Waals surface area contributed by atoms with Crippen molar-refractivity contribution >= 4 is 29.2 Å². The Bertz CT molecular complexity index is 1970. The van der Waals surface area contributed by atoms with Gasteiger partial charge in [0, 0.05) is 37.4 Å². The van der Waals surface area contributed by atoms with Gasteiger partial charge in [-0.25, -0.2) is 39.0 Å². The molecule has 0 radical (unpaired) electrons. The van der Waals surface area contributed by atoms with Crippen LogP contribution in [-0.4, -0.2) is 46.3 Å². The van der Waals surface area contributed by atoms with Crippen LogP contribution in [0.5, 0.6) is 0 Å². The van der Waals surface area contributed by atoms with E-state index in [1.807, 2.05) is 0 Å². The molecule has 3 rings (SSSR count). The lowest BCUT2D eigenvalue weighted by Crippen LogP contribution is -2.08. The summed E-state index contributed by atoms with van der Waals surface area (Å²) in [6.45, 7) is 3.23. The van der Waals surface area contributed by atoms with E-state index in [4.69, 9.17) is 15.8 Å². The summed E-state index contributed by atoms with van der Waals surface area (Å²) in [4.78, 5) is 10.7. The number of alkyl halides is 6. The molecule has 3 aromatic heterocycles. The highest BCUT2D eigenvalue weighted by atomic mass is 32.2. The average Bonchev–Trinajstić information content (AvgIpc) is 3.04. The Hall–Kier alpha value is -4.65. The van der Waals surface area contributed by atoms with E-state index >= 15 is 0 Å². The number of rotatable bonds is 9. The van der Waals surface area contributed by atoms with Crippen LogP contribution in [0.3, 0.4) is 0 Å². The van der Waals surface area contributed by atoms with Crippen LogP contribution in [0.2, 0.25) is 0 Å². The zero-order valence-electron chi connectivity index (χ0n) is 27.0. The molecule has 3 aromatic rings. The molecule has 0 aliphatic rings. The summed E-state index contributed by atoms with van der Waals surface area (Å²) in [7, 11) is -8.05. The molecule has 0 spiro atoms. The molecule has 0 saturated heterocycles. The van der Waals surface area contributed by atoms with Crippen LogP contribution >= 0.6 is 0 Å². The molecule has 0 aliphatic carbocycles. The Morgan fingerprint density at radius 2 is 0.940 bits per heavy atom. The fraction of sp³-hybridized carbons (Fsp3) is 0.379. The van der Waals surface area contributed by atoms with Crippen LogP contribution in [0.25, 0.3) is 0 Å². The van der Waals surface area contributed by atoms with Crippen LogP contribution in [0.15, 0.2) is 68.1 Å². The van der Waals surface area contributed by atoms with E-state index in [9.17, 15) is 39.0 Å². The van der Waals surface area contributed by atoms with Crippen LogP contribution in [-0.2, 0) is 34.9 Å². The molecular formula is C29H31F6N9O3S3. The van der Waals surface area contributed by atoms with Crippen molar-refractivity contribution in [3.05, 3.63) is 88.8 Å². The Morgan fingerprint density at radius 1 is 0.600 bits per heavy atom. The average molecular weight is 764 g/mol. The Balaban J connectivity index is 0.000000375. The number of aromatic nitrogens is 3. The van der Waals surface area contributed by atoms with E-state index < -0.39 is 59.0 Å². The van der Waals surface area contributed by atoms with Crippen molar-refractivity contribution in [1.29, 1.82) is 15.8 Å². The number of hydrogen-bond acceptors (Lipinski definition) is 12. The van der Waals surface area contributed by atoms with E-state index in [0.717, 1.165) is 0 Å². The summed E-state index contributed by atoms with van der Waals surface area (Å²) in [6, 6.07) is 7.79. The molecule has 0 saturated carbocycles. The van der Waals surface area contributed by atoms with Gasteiger partial charge >= 0.3 is 0 Å². The number of hydrogen-bond donors (Lipinski definition) is 0. The van der Waals surface area contributed by atoms with Gasteiger partial charge in [0.1, 0.15) is 17.1 Å². The first-order chi connectivity index (χ1) is 23.2. The molecule has 0 fully saturated rings. The zero-order chi connectivity index (χ0) is 38.3. The van der Waals surface area contributed by atoms with Crippen molar-refractivity contribution < 1.29 is 39.0 Å². The molecule has 0 amide bonds. The lowest BCUT2D eigenvalue weighted by Gasteiger charge is -2.12. The van der Waals surface area contributed by atoms with Crippen LogP contribution in [0, 0.1) is 34.4 Å². The van der Waals surface area contributed by atoms with Crippen LogP contribution in [0.4, 0.5) is 26.3 Å². The van der Waals surface area contributed by atoms with Gasteiger partial charge in [-0.15, -0.1) is 13.1 Å². The Morgan fingerprint density at radius 3 is 1.20 bits per heavy atom. The summed E-state index contributed by atoms with van der Waals surface area (Å²) in [5.41, 5.74) is 0.544. The molecule has 0 bridgehead atoms. The second kappa shape index (κ2) is 19.5. The number of nitrogens with zero attached hydrogens (tertiary/aromatic N) is 9. The first-order valence-corrected chi connectivity index (χ1v) is 19.7. The molecule has 5 atom stereocenters. The van der Waals surface area contributed by atoms with Gasteiger partial charge in [0.25, 0.3) is 19.3 Å². The van der Waals surface area contributed by atoms with E-state index in [1.54, 1.807) is 13.8 Å². The molecule has 5 unspecified atom stereocenters. The van der Waals surface area contributed by atoms with Gasteiger partial charge in [-0.1, -0.05) is 18.2 Å². The van der Waals surface area contributed by atoms with E-state index in [-0.39, 0.29) is 22.8 Å². The van der Waals surface area contributed by atoms with Gasteiger partial charge in [0.2, 0.25) is 18.6 Å². The fourth-order valence-corrected chi connectivity index (χ4v) is 6.43. The van der Waals surface area contributed by atoms with Gasteiger partial charge < -0.3 is 0 Å². The molecule has 270 valence electrons. The SMILES string of the molecule is CC(c1ccc(C(F)F)nc1)S(C)(=O)=NC#N.CC(c1ccc(C(F)F)nc1)S(C)(=O)=NC#N.CS(=O)(Cc1ccc(C(F)F)nc1)=NC#N. The second-order valence-electron chi connectivity index (χ2n) is 10.2. The van der Waals surface area contributed by atoms with Crippen molar-refractivity contribution in [3.63, 3.8) is 0 Å². The lowest BCUT2D eigenvalue weighted by molar-refractivity contribution is 0.145. The van der Waals surface area contributed by atoms with Gasteiger partial charge in [-0.2, -0.15) is 15.8 Å². The lowest BCUT2D eigenvalue weighted by atomic mass is 10.2. The van der Waals surface area contributed by atoms with E-state index in [2.05, 4.69) is 28.0 Å². The van der Waals surface area contributed by atoms with Gasteiger partial charge in [-0.05, 0) is 48.7 Å². The summed E-state index contributed by atoms with van der Waals surface area (Å²) >= 11 is 0. The maximum absolute atomic E-state index is 12.3. The van der Waals surface area contributed by atoms with Crippen molar-refractivity contribution in [3.8, 4) is 18.6 Å². The zero-order valence-corrected chi connectivity index (χ0v) is 29.5. The Labute approximate surface area is 286 Å². The van der Waals surface area contributed by atoms with Gasteiger partial charge in [-0.3, -0.25) is 15.0 Å². The third-order valence-electron chi connectivity index (χ3n) is 6.50. The Kier molecular flexibility index (Phi) is 16.9.